The maximum Gasteiger partial charge on any atom is 0.270 e. The van der Waals surface area contributed by atoms with Gasteiger partial charge in [-0.1, -0.05) is 6.07 Å². The van der Waals surface area contributed by atoms with Gasteiger partial charge in [0.05, 0.1) is 17.8 Å². The molecule has 0 saturated carbocycles. The molecule has 1 aliphatic heterocycles. The minimum Gasteiger partial charge on any atom is -0.394 e. The van der Waals surface area contributed by atoms with E-state index in [1.165, 1.54) is 6.33 Å². The molecule has 1 amide bonds. The molecule has 1 fully saturated rings. The van der Waals surface area contributed by atoms with Crippen molar-refractivity contribution < 1.29 is 14.6 Å². The van der Waals surface area contributed by atoms with Crippen LogP contribution in [0.3, 0.4) is 0 Å². The van der Waals surface area contributed by atoms with E-state index in [2.05, 4.69) is 20.3 Å². The van der Waals surface area contributed by atoms with Crippen LogP contribution in [-0.2, 0) is 4.74 Å². The summed E-state index contributed by atoms with van der Waals surface area (Å²) in [6.07, 6.45) is 5.90. The molecule has 0 atom stereocenters. The van der Waals surface area contributed by atoms with Gasteiger partial charge in [0.2, 0.25) is 0 Å². The van der Waals surface area contributed by atoms with Crippen LogP contribution in [-0.4, -0.2) is 51.3 Å². The number of aliphatic hydroxyl groups is 1. The van der Waals surface area contributed by atoms with E-state index < -0.39 is 5.54 Å². The first-order valence-electron chi connectivity index (χ1n) is 7.46. The number of hydrogen-bond acceptors (Lipinski definition) is 6. The maximum absolute atomic E-state index is 12.5. The Bertz CT molecular complexity index is 672. The lowest BCUT2D eigenvalue weighted by atomic mass is 9.91. The Labute approximate surface area is 133 Å². The van der Waals surface area contributed by atoms with Crippen LogP contribution in [0.5, 0.6) is 0 Å². The van der Waals surface area contributed by atoms with Crippen LogP contribution in [0.4, 0.5) is 0 Å². The van der Waals surface area contributed by atoms with Crippen LogP contribution in [0, 0.1) is 0 Å². The van der Waals surface area contributed by atoms with Crippen molar-refractivity contribution in [2.75, 3.05) is 19.8 Å². The fourth-order valence-electron chi connectivity index (χ4n) is 2.54. The number of ether oxygens (including phenoxy) is 1. The van der Waals surface area contributed by atoms with Crippen molar-refractivity contribution >= 4 is 5.91 Å². The number of carbonyl (C=O) groups is 1. The molecule has 0 unspecified atom stereocenters. The normalized spacial score (nSPS) is 16.7. The van der Waals surface area contributed by atoms with Gasteiger partial charge in [-0.25, -0.2) is 15.0 Å². The van der Waals surface area contributed by atoms with Gasteiger partial charge in [0.15, 0.2) is 0 Å². The molecule has 120 valence electrons. The second-order valence-electron chi connectivity index (χ2n) is 5.54. The van der Waals surface area contributed by atoms with Gasteiger partial charge in [-0.2, -0.15) is 0 Å². The average Bonchev–Trinajstić information content (AvgIpc) is 2.63. The summed E-state index contributed by atoms with van der Waals surface area (Å²) >= 11 is 0. The minimum atomic E-state index is -0.636. The third-order valence-electron chi connectivity index (χ3n) is 3.97. The molecule has 23 heavy (non-hydrogen) atoms. The first kappa shape index (κ1) is 15.5. The molecule has 0 aliphatic carbocycles. The molecule has 3 rings (SSSR count). The molecule has 2 aromatic rings. The highest BCUT2D eigenvalue weighted by Gasteiger charge is 2.34. The van der Waals surface area contributed by atoms with E-state index in [1.54, 1.807) is 30.6 Å². The lowest BCUT2D eigenvalue weighted by molar-refractivity contribution is 0.0124. The lowest BCUT2D eigenvalue weighted by Crippen LogP contribution is -2.54. The average molecular weight is 314 g/mol. The van der Waals surface area contributed by atoms with Crippen molar-refractivity contribution in [3.63, 3.8) is 0 Å². The molecule has 1 aliphatic rings. The number of rotatable bonds is 4. The summed E-state index contributed by atoms with van der Waals surface area (Å²) < 4.78 is 5.30. The van der Waals surface area contributed by atoms with Crippen molar-refractivity contribution in [3.05, 3.63) is 42.6 Å². The zero-order valence-electron chi connectivity index (χ0n) is 12.6. The van der Waals surface area contributed by atoms with Crippen LogP contribution >= 0.6 is 0 Å². The van der Waals surface area contributed by atoms with Crippen LogP contribution in [0.1, 0.15) is 23.3 Å². The molecule has 0 radical (unpaired) electrons. The maximum atomic E-state index is 12.5. The summed E-state index contributed by atoms with van der Waals surface area (Å²) in [5.74, 6) is -0.306. The molecule has 0 bridgehead atoms. The first-order chi connectivity index (χ1) is 11.2. The van der Waals surface area contributed by atoms with Crippen LogP contribution < -0.4 is 5.32 Å². The Morgan fingerprint density at radius 3 is 2.70 bits per heavy atom. The van der Waals surface area contributed by atoms with E-state index in [0.29, 0.717) is 37.4 Å². The summed E-state index contributed by atoms with van der Waals surface area (Å²) in [5.41, 5.74) is 1.03. The molecule has 7 nitrogen and oxygen atoms in total. The standard InChI is InChI=1S/C16H18N4O3/c21-10-16(4-6-23-7-5-16)20-15(22)14-3-1-2-13(19-14)12-8-17-11-18-9-12/h1-3,8-9,11,21H,4-7,10H2,(H,20,22). The van der Waals surface area contributed by atoms with Crippen LogP contribution in [0.25, 0.3) is 11.3 Å². The van der Waals surface area contributed by atoms with Crippen molar-refractivity contribution in [2.45, 2.75) is 18.4 Å². The SMILES string of the molecule is O=C(NC1(CO)CCOCC1)c1cccc(-c2cncnc2)n1. The van der Waals surface area contributed by atoms with Gasteiger partial charge >= 0.3 is 0 Å². The number of aliphatic hydroxyl groups excluding tert-OH is 1. The fraction of sp³-hybridized carbons (Fsp3) is 0.375. The summed E-state index contributed by atoms with van der Waals surface area (Å²) in [5, 5.41) is 12.6. The first-order valence-corrected chi connectivity index (χ1v) is 7.46. The van der Waals surface area contributed by atoms with E-state index in [-0.39, 0.29) is 12.5 Å². The third-order valence-corrected chi connectivity index (χ3v) is 3.97. The predicted octanol–water partition coefficient (Wildman–Crippen LogP) is 0.810. The fourth-order valence-corrected chi connectivity index (χ4v) is 2.54. The largest absolute Gasteiger partial charge is 0.394 e. The highest BCUT2D eigenvalue weighted by molar-refractivity contribution is 5.93. The number of nitrogens with zero attached hydrogens (tertiary/aromatic N) is 3. The van der Waals surface area contributed by atoms with E-state index in [4.69, 9.17) is 4.74 Å². The minimum absolute atomic E-state index is 0.117. The molecule has 2 N–H and O–H groups in total. The lowest BCUT2D eigenvalue weighted by Gasteiger charge is -2.36. The van der Waals surface area contributed by atoms with Crippen LogP contribution in [0.2, 0.25) is 0 Å². The van der Waals surface area contributed by atoms with Gasteiger partial charge in [-0.05, 0) is 25.0 Å². The Hall–Kier alpha value is -2.38. The zero-order valence-corrected chi connectivity index (χ0v) is 12.6. The number of carbonyl (C=O) groups excluding carboxylic acids is 1. The van der Waals surface area contributed by atoms with Crippen molar-refractivity contribution in [1.29, 1.82) is 0 Å². The number of aromatic nitrogens is 3. The predicted molar refractivity (Wildman–Crippen MR) is 82.6 cm³/mol. The summed E-state index contributed by atoms with van der Waals surface area (Å²) in [6, 6.07) is 5.21. The van der Waals surface area contributed by atoms with Crippen molar-refractivity contribution in [1.82, 2.24) is 20.3 Å². The smallest absolute Gasteiger partial charge is 0.270 e. The molecule has 3 heterocycles. The molecular weight excluding hydrogens is 296 g/mol. The van der Waals surface area contributed by atoms with Crippen LogP contribution in [0.15, 0.2) is 36.9 Å². The van der Waals surface area contributed by atoms with E-state index in [9.17, 15) is 9.90 Å². The van der Waals surface area contributed by atoms with Gasteiger partial charge in [-0.15, -0.1) is 0 Å². The number of amides is 1. The van der Waals surface area contributed by atoms with E-state index in [0.717, 1.165) is 5.56 Å². The molecule has 0 spiro atoms. The van der Waals surface area contributed by atoms with Crippen molar-refractivity contribution in [2.24, 2.45) is 0 Å². The Morgan fingerprint density at radius 1 is 1.26 bits per heavy atom. The number of hydrogen-bond donors (Lipinski definition) is 2. The monoisotopic (exact) mass is 314 g/mol. The highest BCUT2D eigenvalue weighted by atomic mass is 16.5. The molecule has 2 aromatic heterocycles. The second-order valence-corrected chi connectivity index (χ2v) is 5.54. The Morgan fingerprint density at radius 2 is 2.00 bits per heavy atom. The third kappa shape index (κ3) is 3.52. The molecular formula is C16H18N4O3. The van der Waals surface area contributed by atoms with Gasteiger partial charge in [0, 0.05) is 31.2 Å². The molecule has 1 saturated heterocycles. The summed E-state index contributed by atoms with van der Waals surface area (Å²) in [4.78, 5) is 24.8. The topological polar surface area (TPSA) is 97.2 Å². The van der Waals surface area contributed by atoms with Gasteiger partial charge in [0.25, 0.3) is 5.91 Å². The Balaban J connectivity index is 1.80. The van der Waals surface area contributed by atoms with Gasteiger partial charge in [0.1, 0.15) is 12.0 Å². The van der Waals surface area contributed by atoms with E-state index >= 15 is 0 Å². The number of pyridine rings is 1. The van der Waals surface area contributed by atoms with Gasteiger partial charge < -0.3 is 15.2 Å². The quantitative estimate of drug-likeness (QED) is 0.867. The zero-order chi connectivity index (χ0) is 16.1. The summed E-state index contributed by atoms with van der Waals surface area (Å²) in [6.45, 7) is 0.930. The molecule has 0 aromatic carbocycles. The highest BCUT2D eigenvalue weighted by Crippen LogP contribution is 2.21. The second kappa shape index (κ2) is 6.80. The summed E-state index contributed by atoms with van der Waals surface area (Å²) in [7, 11) is 0. The molecule has 7 heteroatoms. The van der Waals surface area contributed by atoms with Gasteiger partial charge in [-0.3, -0.25) is 4.79 Å². The van der Waals surface area contributed by atoms with E-state index in [1.807, 2.05) is 0 Å². The Kier molecular flexibility index (Phi) is 4.59. The van der Waals surface area contributed by atoms with Crippen molar-refractivity contribution in [3.8, 4) is 11.3 Å². The number of nitrogens with one attached hydrogen (secondary N) is 1.